The zero-order valence-electron chi connectivity index (χ0n) is 9.71. The number of hydrogen-bond acceptors (Lipinski definition) is 4. The number of nitrogens with zero attached hydrogens (tertiary/aromatic N) is 1. The van der Waals surface area contributed by atoms with Crippen LogP contribution < -0.4 is 14.8 Å². The van der Waals surface area contributed by atoms with E-state index in [9.17, 15) is 9.18 Å². The van der Waals surface area contributed by atoms with Gasteiger partial charge in [0.1, 0.15) is 6.42 Å². The van der Waals surface area contributed by atoms with E-state index in [0.717, 1.165) is 0 Å². The van der Waals surface area contributed by atoms with Crippen molar-refractivity contribution in [3.05, 3.63) is 16.4 Å². The molecule has 0 fully saturated rings. The average Bonchev–Trinajstić information content (AvgIpc) is 2.29. The number of carbonyl (C=O) groups excluding carboxylic acids is 1. The van der Waals surface area contributed by atoms with Gasteiger partial charge in [0.25, 0.3) is 0 Å². The number of nitriles is 1. The van der Waals surface area contributed by atoms with Crippen LogP contribution in [0.4, 0.5) is 10.1 Å². The van der Waals surface area contributed by atoms with Crippen LogP contribution in [0.25, 0.3) is 0 Å². The topological polar surface area (TPSA) is 71.3 Å². The van der Waals surface area contributed by atoms with Crippen LogP contribution in [0, 0.1) is 17.1 Å². The van der Waals surface area contributed by atoms with E-state index in [1.165, 1.54) is 20.3 Å². The van der Waals surface area contributed by atoms with E-state index in [4.69, 9.17) is 14.7 Å². The summed E-state index contributed by atoms with van der Waals surface area (Å²) in [4.78, 5) is 11.3. The monoisotopic (exact) mass is 316 g/mol. The maximum Gasteiger partial charge on any atom is 0.238 e. The van der Waals surface area contributed by atoms with Gasteiger partial charge in [-0.25, -0.2) is 0 Å². The molecule has 1 aromatic carbocycles. The first-order chi connectivity index (χ1) is 8.54. The molecule has 0 radical (unpaired) electrons. The molecule has 1 amide bonds. The molecule has 0 aromatic heterocycles. The van der Waals surface area contributed by atoms with E-state index in [0.29, 0.717) is 4.47 Å². The van der Waals surface area contributed by atoms with E-state index in [1.807, 2.05) is 0 Å². The summed E-state index contributed by atoms with van der Waals surface area (Å²) >= 11 is 3.11. The highest BCUT2D eigenvalue weighted by Gasteiger charge is 2.19. The number of ether oxygens (including phenoxy) is 2. The number of benzene rings is 1. The molecule has 1 rings (SSSR count). The van der Waals surface area contributed by atoms with Crippen molar-refractivity contribution in [2.24, 2.45) is 0 Å². The Labute approximate surface area is 112 Å². The van der Waals surface area contributed by atoms with Crippen LogP contribution >= 0.6 is 15.9 Å². The normalized spacial score (nSPS) is 9.50. The lowest BCUT2D eigenvalue weighted by molar-refractivity contribution is -0.115. The molecule has 5 nitrogen and oxygen atoms in total. The van der Waals surface area contributed by atoms with Crippen molar-refractivity contribution >= 4 is 27.5 Å². The molecule has 0 spiro atoms. The Balaban J connectivity index is 3.20. The number of amides is 1. The minimum atomic E-state index is -0.735. The fourth-order valence-electron chi connectivity index (χ4n) is 1.33. The second kappa shape index (κ2) is 6.21. The first-order valence-corrected chi connectivity index (χ1v) is 5.61. The van der Waals surface area contributed by atoms with Crippen LogP contribution in [-0.2, 0) is 4.79 Å². The molecule has 0 heterocycles. The third-order valence-electron chi connectivity index (χ3n) is 2.05. The molecule has 0 unspecified atom stereocenters. The van der Waals surface area contributed by atoms with Crippen molar-refractivity contribution in [2.45, 2.75) is 6.42 Å². The van der Waals surface area contributed by atoms with Crippen molar-refractivity contribution in [3.8, 4) is 17.6 Å². The van der Waals surface area contributed by atoms with Crippen LogP contribution in [0.3, 0.4) is 0 Å². The fraction of sp³-hybridized carbons (Fsp3) is 0.273. The summed E-state index contributed by atoms with van der Waals surface area (Å²) in [7, 11) is 2.59. The van der Waals surface area contributed by atoms with Gasteiger partial charge in [0.15, 0.2) is 11.5 Å². The molecule has 1 aromatic rings. The largest absolute Gasteiger partial charge is 0.492 e. The van der Waals surface area contributed by atoms with Crippen molar-refractivity contribution < 1.29 is 18.7 Å². The van der Waals surface area contributed by atoms with Crippen LogP contribution in [-0.4, -0.2) is 20.1 Å². The molecule has 18 heavy (non-hydrogen) atoms. The lowest BCUT2D eigenvalue weighted by Gasteiger charge is -2.14. The standard InChI is InChI=1S/C11H10BrFN2O3/c1-17-10-6(12)5-7(11(18-2)9(10)13)15-8(16)3-4-14/h5H,3H2,1-2H3,(H,15,16). The van der Waals surface area contributed by atoms with Crippen LogP contribution in [0.5, 0.6) is 11.5 Å². The van der Waals surface area contributed by atoms with Gasteiger partial charge >= 0.3 is 0 Å². The van der Waals surface area contributed by atoms with Gasteiger partial charge in [0, 0.05) is 0 Å². The highest BCUT2D eigenvalue weighted by molar-refractivity contribution is 9.10. The Bertz CT molecular complexity index is 514. The number of halogens is 2. The van der Waals surface area contributed by atoms with Crippen molar-refractivity contribution in [3.63, 3.8) is 0 Å². The summed E-state index contributed by atoms with van der Waals surface area (Å²) in [5.41, 5.74) is 0.128. The second-order valence-electron chi connectivity index (χ2n) is 3.17. The van der Waals surface area contributed by atoms with Crippen molar-refractivity contribution in [1.82, 2.24) is 0 Å². The Morgan fingerprint density at radius 3 is 2.61 bits per heavy atom. The zero-order chi connectivity index (χ0) is 13.7. The molecular weight excluding hydrogens is 307 g/mol. The Hall–Kier alpha value is -1.81. The minimum absolute atomic E-state index is 0.0230. The molecule has 96 valence electrons. The van der Waals surface area contributed by atoms with Gasteiger partial charge in [-0.1, -0.05) is 0 Å². The van der Waals surface area contributed by atoms with Gasteiger partial charge in [-0.2, -0.15) is 9.65 Å². The lowest BCUT2D eigenvalue weighted by Crippen LogP contribution is -2.12. The number of carbonyl (C=O) groups is 1. The smallest absolute Gasteiger partial charge is 0.238 e. The summed E-state index contributed by atoms with van der Waals surface area (Å²) in [5.74, 6) is -1.46. The maximum atomic E-state index is 13.9. The Morgan fingerprint density at radius 2 is 2.11 bits per heavy atom. The van der Waals surface area contributed by atoms with Crippen LogP contribution in [0.2, 0.25) is 0 Å². The average molecular weight is 317 g/mol. The zero-order valence-corrected chi connectivity index (χ0v) is 11.3. The van der Waals surface area contributed by atoms with Gasteiger partial charge in [-0.3, -0.25) is 4.79 Å². The summed E-state index contributed by atoms with van der Waals surface area (Å²) in [6, 6.07) is 3.13. The summed E-state index contributed by atoms with van der Waals surface area (Å²) in [6.45, 7) is 0. The number of methoxy groups -OCH3 is 2. The van der Waals surface area contributed by atoms with E-state index in [2.05, 4.69) is 21.2 Å². The van der Waals surface area contributed by atoms with Gasteiger partial charge in [0.2, 0.25) is 11.7 Å². The summed E-state index contributed by atoms with van der Waals surface area (Å²) in [5, 5.41) is 10.8. The Morgan fingerprint density at radius 1 is 1.50 bits per heavy atom. The van der Waals surface area contributed by atoms with Crippen LogP contribution in [0.1, 0.15) is 6.42 Å². The molecule has 0 aliphatic rings. The summed E-state index contributed by atoms with van der Waals surface area (Å²) < 4.78 is 24.0. The lowest BCUT2D eigenvalue weighted by atomic mass is 10.2. The van der Waals surface area contributed by atoms with Gasteiger partial charge < -0.3 is 14.8 Å². The molecule has 0 saturated carbocycles. The highest BCUT2D eigenvalue weighted by atomic mass is 79.9. The third-order valence-corrected chi connectivity index (χ3v) is 2.64. The van der Waals surface area contributed by atoms with E-state index in [-0.39, 0.29) is 23.6 Å². The first-order valence-electron chi connectivity index (χ1n) is 4.81. The third kappa shape index (κ3) is 2.90. The maximum absolute atomic E-state index is 13.9. The first kappa shape index (κ1) is 14.3. The SMILES string of the molecule is COc1c(Br)cc(NC(=O)CC#N)c(OC)c1F. The van der Waals surface area contributed by atoms with E-state index >= 15 is 0 Å². The molecule has 0 saturated heterocycles. The highest BCUT2D eigenvalue weighted by Crippen LogP contribution is 2.40. The van der Waals surface area contributed by atoms with Gasteiger partial charge in [-0.15, -0.1) is 0 Å². The van der Waals surface area contributed by atoms with E-state index < -0.39 is 11.7 Å². The second-order valence-corrected chi connectivity index (χ2v) is 4.02. The predicted octanol–water partition coefficient (Wildman–Crippen LogP) is 2.46. The summed E-state index contributed by atoms with van der Waals surface area (Å²) in [6.07, 6.45) is -0.325. The quantitative estimate of drug-likeness (QED) is 0.926. The molecule has 0 bridgehead atoms. The molecule has 1 N–H and O–H groups in total. The molecule has 7 heteroatoms. The molecule has 0 atom stereocenters. The molecule has 0 aliphatic heterocycles. The van der Waals surface area contributed by atoms with Crippen molar-refractivity contribution in [1.29, 1.82) is 5.26 Å². The predicted molar refractivity (Wildman–Crippen MR) is 66.1 cm³/mol. The molecular formula is C11H10BrFN2O3. The van der Waals surface area contributed by atoms with E-state index in [1.54, 1.807) is 6.07 Å². The van der Waals surface area contributed by atoms with Gasteiger partial charge in [0.05, 0.1) is 30.4 Å². The minimum Gasteiger partial charge on any atom is -0.492 e. The number of hydrogen-bond donors (Lipinski definition) is 1. The Kier molecular flexibility index (Phi) is 4.92. The van der Waals surface area contributed by atoms with Crippen LogP contribution in [0.15, 0.2) is 10.5 Å². The van der Waals surface area contributed by atoms with Gasteiger partial charge in [-0.05, 0) is 22.0 Å². The number of anilines is 1. The number of rotatable bonds is 4. The molecule has 0 aliphatic carbocycles. The fourth-order valence-corrected chi connectivity index (χ4v) is 1.89. The number of nitrogens with one attached hydrogen (secondary N) is 1. The van der Waals surface area contributed by atoms with Crippen molar-refractivity contribution in [2.75, 3.05) is 19.5 Å².